The molecule has 1 unspecified atom stereocenters. The van der Waals surface area contributed by atoms with E-state index in [4.69, 9.17) is 23.2 Å². The Kier molecular flexibility index (Phi) is 5.73. The molecule has 1 aromatic heterocycles. The Balaban J connectivity index is 1.37. The van der Waals surface area contributed by atoms with Crippen LogP contribution in [0.4, 0.5) is 10.5 Å². The summed E-state index contributed by atoms with van der Waals surface area (Å²) in [6, 6.07) is 5.47. The van der Waals surface area contributed by atoms with Gasteiger partial charge in [-0.1, -0.05) is 29.3 Å². The van der Waals surface area contributed by atoms with E-state index in [2.05, 4.69) is 14.7 Å². The van der Waals surface area contributed by atoms with Gasteiger partial charge in [-0.15, -0.1) is 0 Å². The van der Waals surface area contributed by atoms with Crippen molar-refractivity contribution in [1.82, 2.24) is 19.6 Å². The molecule has 11 heteroatoms. The fourth-order valence-electron chi connectivity index (χ4n) is 4.33. The second kappa shape index (κ2) is 8.03. The van der Waals surface area contributed by atoms with Crippen molar-refractivity contribution in [2.45, 2.75) is 19.4 Å². The number of hydrogen-bond acceptors (Lipinski definition) is 5. The van der Waals surface area contributed by atoms with Crippen LogP contribution in [0, 0.1) is 5.41 Å². The molecule has 162 valence electrons. The van der Waals surface area contributed by atoms with E-state index in [1.165, 1.54) is 17.1 Å². The van der Waals surface area contributed by atoms with E-state index in [0.29, 0.717) is 23.1 Å². The van der Waals surface area contributed by atoms with Gasteiger partial charge in [0, 0.05) is 31.6 Å². The molecular formula is C19H23Cl2N5O3S. The van der Waals surface area contributed by atoms with Crippen molar-refractivity contribution < 1.29 is 13.2 Å². The zero-order valence-electron chi connectivity index (χ0n) is 16.5. The maximum Gasteiger partial charge on any atom is 0.344 e. The van der Waals surface area contributed by atoms with Gasteiger partial charge in [-0.25, -0.2) is 13.2 Å². The summed E-state index contributed by atoms with van der Waals surface area (Å²) in [5.41, 5.74) is 1.47. The third kappa shape index (κ3) is 4.74. The van der Waals surface area contributed by atoms with Crippen LogP contribution in [0.3, 0.4) is 0 Å². The number of carbonyl (C=O) groups excluding carboxylic acids is 1. The molecule has 1 spiro atoms. The number of benzene rings is 1. The molecule has 30 heavy (non-hydrogen) atoms. The lowest BCUT2D eigenvalue weighted by Gasteiger charge is -2.24. The number of sulfonamides is 1. The predicted molar refractivity (Wildman–Crippen MR) is 116 cm³/mol. The van der Waals surface area contributed by atoms with Crippen molar-refractivity contribution in [3.8, 4) is 0 Å². The molecule has 3 heterocycles. The Morgan fingerprint density at radius 1 is 1.20 bits per heavy atom. The first-order valence-electron chi connectivity index (χ1n) is 9.61. The number of nitrogens with one attached hydrogen (secondary N) is 1. The molecule has 2 saturated heterocycles. The predicted octanol–water partition coefficient (Wildman–Crippen LogP) is 3.13. The van der Waals surface area contributed by atoms with E-state index in [0.717, 1.165) is 44.3 Å². The highest BCUT2D eigenvalue weighted by atomic mass is 35.5. The fraction of sp³-hybridized carbons (Fsp3) is 0.474. The highest BCUT2D eigenvalue weighted by molar-refractivity contribution is 7.92. The largest absolute Gasteiger partial charge is 0.344 e. The lowest BCUT2D eigenvalue weighted by atomic mass is 9.86. The summed E-state index contributed by atoms with van der Waals surface area (Å²) in [4.78, 5) is 17.0. The van der Waals surface area contributed by atoms with Crippen LogP contribution in [0.25, 0.3) is 0 Å². The maximum absolute atomic E-state index is 12.8. The zero-order valence-corrected chi connectivity index (χ0v) is 18.8. The van der Waals surface area contributed by atoms with Crippen molar-refractivity contribution in [3.05, 3.63) is 46.2 Å². The van der Waals surface area contributed by atoms with Crippen LogP contribution in [0.5, 0.6) is 0 Å². The number of anilines is 1. The zero-order chi connectivity index (χ0) is 21.5. The van der Waals surface area contributed by atoms with E-state index in [9.17, 15) is 13.2 Å². The van der Waals surface area contributed by atoms with Crippen LogP contribution >= 0.6 is 23.2 Å². The Morgan fingerprint density at radius 2 is 1.97 bits per heavy atom. The van der Waals surface area contributed by atoms with Crippen LogP contribution in [0.2, 0.25) is 10.0 Å². The van der Waals surface area contributed by atoms with E-state index >= 15 is 0 Å². The van der Waals surface area contributed by atoms with Gasteiger partial charge in [0.25, 0.3) is 0 Å². The molecule has 4 rings (SSSR count). The quantitative estimate of drug-likeness (QED) is 0.739. The van der Waals surface area contributed by atoms with E-state index in [1.54, 1.807) is 4.90 Å². The molecule has 0 radical (unpaired) electrons. The van der Waals surface area contributed by atoms with E-state index in [1.807, 2.05) is 18.2 Å². The minimum atomic E-state index is -3.41. The van der Waals surface area contributed by atoms with Crippen LogP contribution < -0.4 is 4.72 Å². The van der Waals surface area contributed by atoms with Crippen LogP contribution in [0.1, 0.15) is 18.4 Å². The van der Waals surface area contributed by atoms with Crippen molar-refractivity contribution in [1.29, 1.82) is 0 Å². The smallest absolute Gasteiger partial charge is 0.322 e. The molecule has 8 nitrogen and oxygen atoms in total. The van der Waals surface area contributed by atoms with Crippen LogP contribution in [-0.4, -0.2) is 66.5 Å². The van der Waals surface area contributed by atoms with Gasteiger partial charge in [0.2, 0.25) is 10.0 Å². The van der Waals surface area contributed by atoms with Gasteiger partial charge in [0.1, 0.15) is 0 Å². The Morgan fingerprint density at radius 3 is 2.70 bits per heavy atom. The average molecular weight is 472 g/mol. The summed E-state index contributed by atoms with van der Waals surface area (Å²) in [7, 11) is -3.41. The van der Waals surface area contributed by atoms with Gasteiger partial charge >= 0.3 is 6.03 Å². The molecule has 2 fully saturated rings. The number of hydrogen-bond donors (Lipinski definition) is 1. The average Bonchev–Trinajstić information content (AvgIpc) is 3.38. The summed E-state index contributed by atoms with van der Waals surface area (Å²) < 4.78 is 26.2. The maximum atomic E-state index is 12.8. The molecule has 0 aliphatic carbocycles. The number of amides is 1. The number of carbonyl (C=O) groups is 1. The molecule has 0 bridgehead atoms. The standard InChI is InChI=1S/C19H23Cl2N5O3S/c1-30(28,29)23-15-9-22-26(11-15)18(27)25-7-5-19(13-25)4-6-24(12-19)10-14-2-3-16(20)17(21)8-14/h2-3,8-9,11,23H,4-7,10,12-13H2,1H3. The number of nitrogens with zero attached hydrogens (tertiary/aromatic N) is 4. The first-order chi connectivity index (χ1) is 14.1. The molecule has 2 aliphatic heterocycles. The number of halogens is 2. The summed E-state index contributed by atoms with van der Waals surface area (Å²) in [5.74, 6) is 0. The van der Waals surface area contributed by atoms with Gasteiger partial charge in [0.15, 0.2) is 0 Å². The SMILES string of the molecule is CS(=O)(=O)Nc1cnn(C(=O)N2CCC3(CCN(Cc4ccc(Cl)c(Cl)c4)C3)C2)c1. The Bertz CT molecular complexity index is 1070. The topological polar surface area (TPSA) is 87.5 Å². The molecule has 1 aromatic carbocycles. The summed E-state index contributed by atoms with van der Waals surface area (Å²) >= 11 is 12.1. The van der Waals surface area contributed by atoms with Crippen molar-refractivity contribution in [2.75, 3.05) is 37.2 Å². The molecule has 1 atom stereocenters. The molecule has 1 amide bonds. The van der Waals surface area contributed by atoms with Crippen molar-refractivity contribution >= 4 is 44.9 Å². The Labute approximate surface area is 185 Å². The highest BCUT2D eigenvalue weighted by Crippen LogP contribution is 2.40. The number of aromatic nitrogens is 2. The highest BCUT2D eigenvalue weighted by Gasteiger charge is 2.45. The molecule has 1 N–H and O–H groups in total. The fourth-order valence-corrected chi connectivity index (χ4v) is 5.18. The lowest BCUT2D eigenvalue weighted by molar-refractivity contribution is 0.196. The summed E-state index contributed by atoms with van der Waals surface area (Å²) in [5, 5.41) is 5.12. The summed E-state index contributed by atoms with van der Waals surface area (Å²) in [6.45, 7) is 4.00. The second-order valence-corrected chi connectivity index (χ2v) is 10.8. The van der Waals surface area contributed by atoms with Crippen molar-refractivity contribution in [2.24, 2.45) is 5.41 Å². The molecule has 2 aliphatic rings. The first kappa shape index (κ1) is 21.4. The molecule has 2 aromatic rings. The number of rotatable bonds is 4. The minimum Gasteiger partial charge on any atom is -0.322 e. The van der Waals surface area contributed by atoms with Gasteiger partial charge in [0.05, 0.1) is 34.4 Å². The summed E-state index contributed by atoms with van der Waals surface area (Å²) in [6.07, 6.45) is 5.75. The van der Waals surface area contributed by atoms with Gasteiger partial charge in [-0.2, -0.15) is 9.78 Å². The number of likely N-dealkylation sites (tertiary alicyclic amines) is 2. The molecule has 0 saturated carbocycles. The first-order valence-corrected chi connectivity index (χ1v) is 12.3. The van der Waals surface area contributed by atoms with Gasteiger partial charge in [-0.05, 0) is 37.1 Å². The normalized spacial score (nSPS) is 22.2. The minimum absolute atomic E-state index is 0.0763. The van der Waals surface area contributed by atoms with Gasteiger partial charge in [-0.3, -0.25) is 9.62 Å². The monoisotopic (exact) mass is 471 g/mol. The van der Waals surface area contributed by atoms with E-state index in [-0.39, 0.29) is 17.1 Å². The van der Waals surface area contributed by atoms with Crippen molar-refractivity contribution in [3.63, 3.8) is 0 Å². The van der Waals surface area contributed by atoms with Crippen LogP contribution in [-0.2, 0) is 16.6 Å². The Hall–Kier alpha value is -1.81. The third-order valence-electron chi connectivity index (χ3n) is 5.70. The molecular weight excluding hydrogens is 449 g/mol. The lowest BCUT2D eigenvalue weighted by Crippen LogP contribution is -2.36. The van der Waals surface area contributed by atoms with Crippen LogP contribution in [0.15, 0.2) is 30.6 Å². The third-order valence-corrected chi connectivity index (χ3v) is 7.04. The second-order valence-electron chi connectivity index (χ2n) is 8.21. The van der Waals surface area contributed by atoms with Gasteiger partial charge < -0.3 is 4.90 Å². The van der Waals surface area contributed by atoms with E-state index < -0.39 is 10.0 Å².